The van der Waals surface area contributed by atoms with E-state index in [2.05, 4.69) is 46.9 Å². The zero-order chi connectivity index (χ0) is 16.5. The molecule has 0 bridgehead atoms. The molecule has 0 saturated heterocycles. The first kappa shape index (κ1) is 18.0. The van der Waals surface area contributed by atoms with E-state index in [-0.39, 0.29) is 17.0 Å². The van der Waals surface area contributed by atoms with Crippen LogP contribution in [0.2, 0.25) is 0 Å². The molecule has 0 heterocycles. The molecule has 2 aliphatic rings. The lowest BCUT2D eigenvalue weighted by Gasteiger charge is -2.44. The third-order valence-corrected chi connectivity index (χ3v) is 6.28. The van der Waals surface area contributed by atoms with Crippen molar-refractivity contribution in [1.29, 1.82) is 0 Å². The number of rotatable bonds is 8. The summed E-state index contributed by atoms with van der Waals surface area (Å²) in [4.78, 5) is 13.2. The van der Waals surface area contributed by atoms with Crippen molar-refractivity contribution < 1.29 is 4.79 Å². The van der Waals surface area contributed by atoms with Gasteiger partial charge in [-0.1, -0.05) is 53.4 Å². The first-order valence-electron chi connectivity index (χ1n) is 9.45. The van der Waals surface area contributed by atoms with E-state index in [1.54, 1.807) is 0 Å². The Balaban J connectivity index is 2.03. The van der Waals surface area contributed by atoms with Crippen LogP contribution in [0.3, 0.4) is 0 Å². The number of ketones is 1. The quantitative estimate of drug-likeness (QED) is 0.686. The Kier molecular flexibility index (Phi) is 5.42. The molecule has 0 radical (unpaired) electrons. The van der Waals surface area contributed by atoms with Gasteiger partial charge in [0.1, 0.15) is 0 Å². The SMILES string of the molecule is CC(C)C(NC(C)(C)CC1CCC1)C(=O)C(C)(C)C1CCC1. The molecule has 1 unspecified atom stereocenters. The zero-order valence-electron chi connectivity index (χ0n) is 15.7. The summed E-state index contributed by atoms with van der Waals surface area (Å²) in [5.41, 5.74) is -0.113. The molecular formula is C20H37NO. The van der Waals surface area contributed by atoms with Gasteiger partial charge in [-0.15, -0.1) is 0 Å². The number of hydrogen-bond acceptors (Lipinski definition) is 2. The summed E-state index contributed by atoms with van der Waals surface area (Å²) in [5.74, 6) is 2.25. The molecule has 0 aromatic heterocycles. The number of carbonyl (C=O) groups excluding carboxylic acids is 1. The Hall–Kier alpha value is -0.370. The lowest BCUT2D eigenvalue weighted by molar-refractivity contribution is -0.135. The second-order valence-electron chi connectivity index (χ2n) is 9.46. The summed E-state index contributed by atoms with van der Waals surface area (Å²) >= 11 is 0. The maximum absolute atomic E-state index is 13.2. The largest absolute Gasteiger partial charge is 0.302 e. The highest BCUT2D eigenvalue weighted by Gasteiger charge is 2.44. The standard InChI is InChI=1S/C20H37NO/c1-14(2)17(18(22)20(5,6)16-11-8-12-16)21-19(3,4)13-15-9-7-10-15/h14-17,21H,7-13H2,1-6H3. The third-order valence-electron chi connectivity index (χ3n) is 6.28. The first-order chi connectivity index (χ1) is 10.1. The lowest BCUT2D eigenvalue weighted by atomic mass is 9.63. The van der Waals surface area contributed by atoms with E-state index in [1.165, 1.54) is 44.9 Å². The molecule has 2 fully saturated rings. The van der Waals surface area contributed by atoms with E-state index in [1.807, 2.05) is 0 Å². The van der Waals surface area contributed by atoms with Gasteiger partial charge in [-0.2, -0.15) is 0 Å². The molecule has 0 amide bonds. The van der Waals surface area contributed by atoms with E-state index in [0.29, 0.717) is 17.6 Å². The van der Waals surface area contributed by atoms with E-state index in [9.17, 15) is 4.79 Å². The summed E-state index contributed by atoms with van der Waals surface area (Å²) in [5, 5.41) is 3.75. The fourth-order valence-corrected chi connectivity index (χ4v) is 4.17. The van der Waals surface area contributed by atoms with Crippen molar-refractivity contribution in [3.63, 3.8) is 0 Å². The summed E-state index contributed by atoms with van der Waals surface area (Å²) in [7, 11) is 0. The Morgan fingerprint density at radius 2 is 1.59 bits per heavy atom. The van der Waals surface area contributed by atoms with Crippen molar-refractivity contribution in [2.45, 2.75) is 98.1 Å². The summed E-state index contributed by atoms with van der Waals surface area (Å²) in [6.45, 7) is 13.3. The Labute approximate surface area is 137 Å². The molecule has 0 spiro atoms. The van der Waals surface area contributed by atoms with Crippen LogP contribution in [0.5, 0.6) is 0 Å². The summed E-state index contributed by atoms with van der Waals surface area (Å²) in [6.07, 6.45) is 9.10. The highest BCUT2D eigenvalue weighted by atomic mass is 16.1. The molecule has 1 N–H and O–H groups in total. The smallest absolute Gasteiger partial charge is 0.155 e. The molecule has 0 aromatic carbocycles. The zero-order valence-corrected chi connectivity index (χ0v) is 15.7. The van der Waals surface area contributed by atoms with Gasteiger partial charge in [0.2, 0.25) is 0 Å². The van der Waals surface area contributed by atoms with Gasteiger partial charge in [-0.05, 0) is 50.9 Å². The second-order valence-corrected chi connectivity index (χ2v) is 9.46. The van der Waals surface area contributed by atoms with Crippen molar-refractivity contribution in [2.75, 3.05) is 0 Å². The predicted octanol–water partition coefficient (Wildman–Crippen LogP) is 4.96. The minimum atomic E-state index is -0.174. The van der Waals surface area contributed by atoms with Gasteiger partial charge in [-0.25, -0.2) is 0 Å². The van der Waals surface area contributed by atoms with Gasteiger partial charge in [0, 0.05) is 11.0 Å². The van der Waals surface area contributed by atoms with Gasteiger partial charge in [0.05, 0.1) is 6.04 Å². The molecule has 0 aliphatic heterocycles. The summed E-state index contributed by atoms with van der Waals surface area (Å²) < 4.78 is 0. The van der Waals surface area contributed by atoms with Crippen LogP contribution in [0.1, 0.15) is 86.5 Å². The molecule has 2 rings (SSSR count). The van der Waals surface area contributed by atoms with Crippen LogP contribution >= 0.6 is 0 Å². The number of Topliss-reactive ketones (excluding diaryl/α,β-unsaturated/α-hetero) is 1. The fourth-order valence-electron chi connectivity index (χ4n) is 4.17. The minimum Gasteiger partial charge on any atom is -0.302 e. The Bertz CT molecular complexity index is 389. The van der Waals surface area contributed by atoms with E-state index < -0.39 is 0 Å². The van der Waals surface area contributed by atoms with Crippen LogP contribution in [0.4, 0.5) is 0 Å². The highest BCUT2D eigenvalue weighted by molar-refractivity contribution is 5.89. The summed E-state index contributed by atoms with van der Waals surface area (Å²) in [6, 6.07) is -0.00863. The van der Waals surface area contributed by atoms with Crippen molar-refractivity contribution >= 4 is 5.78 Å². The minimum absolute atomic E-state index is 0.00863. The maximum Gasteiger partial charge on any atom is 0.155 e. The monoisotopic (exact) mass is 307 g/mol. The number of hydrogen-bond donors (Lipinski definition) is 1. The third kappa shape index (κ3) is 3.93. The fraction of sp³-hybridized carbons (Fsp3) is 0.950. The van der Waals surface area contributed by atoms with Crippen LogP contribution in [0.15, 0.2) is 0 Å². The van der Waals surface area contributed by atoms with Gasteiger partial charge in [-0.3, -0.25) is 4.79 Å². The van der Waals surface area contributed by atoms with Gasteiger partial charge in [0.25, 0.3) is 0 Å². The number of carbonyl (C=O) groups is 1. The molecule has 128 valence electrons. The topological polar surface area (TPSA) is 29.1 Å². The van der Waals surface area contributed by atoms with E-state index >= 15 is 0 Å². The first-order valence-corrected chi connectivity index (χ1v) is 9.45. The molecule has 2 nitrogen and oxygen atoms in total. The van der Waals surface area contributed by atoms with Crippen molar-refractivity contribution in [2.24, 2.45) is 23.2 Å². The van der Waals surface area contributed by atoms with Gasteiger partial charge >= 0.3 is 0 Å². The lowest BCUT2D eigenvalue weighted by Crippen LogP contribution is -2.57. The predicted molar refractivity (Wildman–Crippen MR) is 93.9 cm³/mol. The Morgan fingerprint density at radius 3 is 1.95 bits per heavy atom. The van der Waals surface area contributed by atoms with Gasteiger partial charge in [0.15, 0.2) is 5.78 Å². The molecule has 0 aromatic rings. The number of nitrogens with one attached hydrogen (secondary N) is 1. The molecule has 22 heavy (non-hydrogen) atoms. The highest BCUT2D eigenvalue weighted by Crippen LogP contribution is 2.43. The van der Waals surface area contributed by atoms with Crippen LogP contribution in [0.25, 0.3) is 0 Å². The van der Waals surface area contributed by atoms with Crippen molar-refractivity contribution in [3.05, 3.63) is 0 Å². The molecule has 1 atom stereocenters. The average Bonchev–Trinajstić information content (AvgIpc) is 2.27. The van der Waals surface area contributed by atoms with Crippen LogP contribution < -0.4 is 5.32 Å². The average molecular weight is 308 g/mol. The maximum atomic E-state index is 13.2. The van der Waals surface area contributed by atoms with Crippen LogP contribution in [-0.2, 0) is 4.79 Å². The molecular weight excluding hydrogens is 270 g/mol. The van der Waals surface area contributed by atoms with Crippen LogP contribution in [-0.4, -0.2) is 17.4 Å². The second kappa shape index (κ2) is 6.63. The van der Waals surface area contributed by atoms with E-state index in [0.717, 1.165) is 5.92 Å². The molecule has 2 aliphatic carbocycles. The molecule has 2 heteroatoms. The normalized spacial score (nSPS) is 22.3. The molecule has 2 saturated carbocycles. The van der Waals surface area contributed by atoms with Crippen molar-refractivity contribution in [1.82, 2.24) is 5.32 Å². The van der Waals surface area contributed by atoms with Crippen molar-refractivity contribution in [3.8, 4) is 0 Å². The van der Waals surface area contributed by atoms with E-state index in [4.69, 9.17) is 0 Å². The Morgan fingerprint density at radius 1 is 1.05 bits per heavy atom. The van der Waals surface area contributed by atoms with Gasteiger partial charge < -0.3 is 5.32 Å². The van der Waals surface area contributed by atoms with Crippen LogP contribution in [0, 0.1) is 23.2 Å².